The van der Waals surface area contributed by atoms with Gasteiger partial charge in [0.25, 0.3) is 0 Å². The summed E-state index contributed by atoms with van der Waals surface area (Å²) >= 11 is 0. The highest BCUT2D eigenvalue weighted by atomic mass is 16.3. The number of aliphatic hydroxyl groups is 2. The fourth-order valence-corrected chi connectivity index (χ4v) is 2.23. The molecule has 0 amide bonds. The largest absolute Gasteiger partial charge is 0.396 e. The van der Waals surface area contributed by atoms with Gasteiger partial charge in [0.1, 0.15) is 12.4 Å². The van der Waals surface area contributed by atoms with Gasteiger partial charge in [0.15, 0.2) is 0 Å². The van der Waals surface area contributed by atoms with E-state index in [0.717, 1.165) is 49.1 Å². The van der Waals surface area contributed by atoms with Crippen LogP contribution in [-0.4, -0.2) is 26.4 Å². The molecule has 98 valence electrons. The number of hydrogen-bond acceptors (Lipinski definition) is 3. The van der Waals surface area contributed by atoms with Gasteiger partial charge in [0.2, 0.25) is 0 Å². The highest BCUT2D eigenvalue weighted by molar-refractivity contribution is 5.75. The normalized spacial score (nSPS) is 11.2. The fourth-order valence-electron chi connectivity index (χ4n) is 2.23. The maximum absolute atomic E-state index is 9.34. The number of aliphatic hydroxyl groups excluding tert-OH is 2. The predicted octanol–water partition coefficient (Wildman–Crippen LogP) is 2.08. The number of benzene rings is 1. The molecule has 18 heavy (non-hydrogen) atoms. The maximum atomic E-state index is 9.34. The smallest absolute Gasteiger partial charge is 0.135 e. The summed E-state index contributed by atoms with van der Waals surface area (Å²) in [6, 6.07) is 7.96. The van der Waals surface area contributed by atoms with Crippen LogP contribution in [0, 0.1) is 0 Å². The second kappa shape index (κ2) is 6.52. The molecule has 0 atom stereocenters. The van der Waals surface area contributed by atoms with Crippen LogP contribution in [0.25, 0.3) is 11.0 Å². The Morgan fingerprint density at radius 2 is 1.78 bits per heavy atom. The van der Waals surface area contributed by atoms with Crippen LogP contribution in [0.5, 0.6) is 0 Å². The number of imidazole rings is 1. The van der Waals surface area contributed by atoms with Crippen LogP contribution < -0.4 is 0 Å². The van der Waals surface area contributed by atoms with Crippen LogP contribution in [0.3, 0.4) is 0 Å². The Kier molecular flexibility index (Phi) is 4.73. The molecule has 0 aliphatic carbocycles. The zero-order valence-corrected chi connectivity index (χ0v) is 10.5. The van der Waals surface area contributed by atoms with Crippen LogP contribution in [0.1, 0.15) is 31.5 Å². The molecule has 0 fully saturated rings. The molecule has 4 nitrogen and oxygen atoms in total. The van der Waals surface area contributed by atoms with Crippen molar-refractivity contribution in [2.24, 2.45) is 0 Å². The van der Waals surface area contributed by atoms with Crippen molar-refractivity contribution >= 4 is 11.0 Å². The monoisotopic (exact) mass is 248 g/mol. The summed E-state index contributed by atoms with van der Waals surface area (Å²) in [5.41, 5.74) is 2.03. The molecule has 4 heteroatoms. The van der Waals surface area contributed by atoms with Crippen molar-refractivity contribution in [2.75, 3.05) is 6.61 Å². The molecule has 0 radical (unpaired) electrons. The number of fused-ring (bicyclic) bond motifs is 1. The highest BCUT2D eigenvalue weighted by Crippen LogP contribution is 2.17. The van der Waals surface area contributed by atoms with Crippen molar-refractivity contribution in [1.29, 1.82) is 0 Å². The van der Waals surface area contributed by atoms with E-state index in [-0.39, 0.29) is 13.2 Å². The maximum Gasteiger partial charge on any atom is 0.135 e. The van der Waals surface area contributed by atoms with Gasteiger partial charge in [-0.1, -0.05) is 25.0 Å². The van der Waals surface area contributed by atoms with E-state index in [4.69, 9.17) is 5.11 Å². The van der Waals surface area contributed by atoms with Crippen molar-refractivity contribution in [3.8, 4) is 0 Å². The minimum absolute atomic E-state index is 0.0225. The second-order valence-corrected chi connectivity index (χ2v) is 4.46. The first-order chi connectivity index (χ1) is 8.86. The van der Waals surface area contributed by atoms with Crippen LogP contribution in [0.15, 0.2) is 24.3 Å². The van der Waals surface area contributed by atoms with Crippen molar-refractivity contribution in [3.63, 3.8) is 0 Å². The summed E-state index contributed by atoms with van der Waals surface area (Å²) in [5.74, 6) is 0.735. The third kappa shape index (κ3) is 2.89. The van der Waals surface area contributed by atoms with Gasteiger partial charge < -0.3 is 14.8 Å². The lowest BCUT2D eigenvalue weighted by Gasteiger charge is -2.07. The lowest BCUT2D eigenvalue weighted by Crippen LogP contribution is -2.04. The topological polar surface area (TPSA) is 58.3 Å². The van der Waals surface area contributed by atoms with Crippen LogP contribution in [-0.2, 0) is 13.2 Å². The number of aromatic nitrogens is 2. The summed E-state index contributed by atoms with van der Waals surface area (Å²) in [5, 5.41) is 18.1. The second-order valence-electron chi connectivity index (χ2n) is 4.46. The first-order valence-electron chi connectivity index (χ1n) is 6.52. The highest BCUT2D eigenvalue weighted by Gasteiger charge is 2.08. The van der Waals surface area contributed by atoms with Gasteiger partial charge in [-0.2, -0.15) is 0 Å². The Morgan fingerprint density at radius 1 is 1.00 bits per heavy atom. The van der Waals surface area contributed by atoms with Crippen LogP contribution >= 0.6 is 0 Å². The van der Waals surface area contributed by atoms with Gasteiger partial charge in [-0.05, 0) is 25.0 Å². The van der Waals surface area contributed by atoms with E-state index in [1.165, 1.54) is 0 Å². The quantitative estimate of drug-likeness (QED) is 0.738. The number of para-hydroxylation sites is 2. The van der Waals surface area contributed by atoms with E-state index in [1.54, 1.807) is 0 Å². The first kappa shape index (κ1) is 13.1. The molecule has 0 aliphatic heterocycles. The molecule has 2 rings (SSSR count). The SMILES string of the molecule is OCCCCCCn1c(CO)nc2ccccc21. The van der Waals surface area contributed by atoms with Crippen LogP contribution in [0.2, 0.25) is 0 Å². The summed E-state index contributed by atoms with van der Waals surface area (Å²) in [7, 11) is 0. The Bertz CT molecular complexity index is 493. The van der Waals surface area contributed by atoms with Gasteiger partial charge >= 0.3 is 0 Å². The van der Waals surface area contributed by atoms with Gasteiger partial charge in [-0.25, -0.2) is 4.98 Å². The number of aryl methyl sites for hydroxylation is 1. The Balaban J connectivity index is 2.06. The minimum Gasteiger partial charge on any atom is -0.396 e. The molecule has 1 aromatic heterocycles. The summed E-state index contributed by atoms with van der Waals surface area (Å²) in [6.07, 6.45) is 4.07. The molecule has 0 saturated heterocycles. The number of hydrogen-bond donors (Lipinski definition) is 2. The third-order valence-corrected chi connectivity index (χ3v) is 3.16. The minimum atomic E-state index is -0.0225. The molecule has 0 unspecified atom stereocenters. The Hall–Kier alpha value is -1.39. The summed E-state index contributed by atoms with van der Waals surface area (Å²) < 4.78 is 2.09. The predicted molar refractivity (Wildman–Crippen MR) is 71.2 cm³/mol. The lowest BCUT2D eigenvalue weighted by atomic mass is 10.2. The molecule has 0 bridgehead atoms. The number of rotatable bonds is 7. The van der Waals surface area contributed by atoms with Gasteiger partial charge in [-0.15, -0.1) is 0 Å². The van der Waals surface area contributed by atoms with E-state index in [9.17, 15) is 5.11 Å². The van der Waals surface area contributed by atoms with Gasteiger partial charge in [0.05, 0.1) is 11.0 Å². The number of nitrogens with zero attached hydrogens (tertiary/aromatic N) is 2. The van der Waals surface area contributed by atoms with E-state index in [0.29, 0.717) is 0 Å². The summed E-state index contributed by atoms with van der Waals surface area (Å²) in [6.45, 7) is 1.13. The fraction of sp³-hybridized carbons (Fsp3) is 0.500. The van der Waals surface area contributed by atoms with E-state index in [1.807, 2.05) is 24.3 Å². The van der Waals surface area contributed by atoms with E-state index >= 15 is 0 Å². The zero-order valence-electron chi connectivity index (χ0n) is 10.5. The van der Waals surface area contributed by atoms with Gasteiger partial charge in [-0.3, -0.25) is 0 Å². The Morgan fingerprint density at radius 3 is 2.56 bits per heavy atom. The average Bonchev–Trinajstić information content (AvgIpc) is 2.77. The molecule has 0 aliphatic rings. The molecular weight excluding hydrogens is 228 g/mol. The van der Waals surface area contributed by atoms with Crippen molar-refractivity contribution in [3.05, 3.63) is 30.1 Å². The van der Waals surface area contributed by atoms with Gasteiger partial charge in [0, 0.05) is 13.2 Å². The molecular formula is C14H20N2O2. The molecule has 1 heterocycles. The van der Waals surface area contributed by atoms with Crippen molar-refractivity contribution in [2.45, 2.75) is 38.8 Å². The molecule has 0 saturated carbocycles. The standard InChI is InChI=1S/C14H20N2O2/c17-10-6-2-1-5-9-16-13-8-4-3-7-12(13)15-14(16)11-18/h3-4,7-8,17-18H,1-2,5-6,9-11H2. The van der Waals surface area contributed by atoms with Crippen LogP contribution in [0.4, 0.5) is 0 Å². The zero-order chi connectivity index (χ0) is 12.8. The average molecular weight is 248 g/mol. The lowest BCUT2D eigenvalue weighted by molar-refractivity contribution is 0.264. The Labute approximate surface area is 107 Å². The van der Waals surface area contributed by atoms with E-state index in [2.05, 4.69) is 9.55 Å². The van der Waals surface area contributed by atoms with Crippen molar-refractivity contribution in [1.82, 2.24) is 9.55 Å². The number of unbranched alkanes of at least 4 members (excludes halogenated alkanes) is 3. The first-order valence-corrected chi connectivity index (χ1v) is 6.52. The molecule has 0 spiro atoms. The van der Waals surface area contributed by atoms with Crippen molar-refractivity contribution < 1.29 is 10.2 Å². The summed E-state index contributed by atoms with van der Waals surface area (Å²) in [4.78, 5) is 4.42. The third-order valence-electron chi connectivity index (χ3n) is 3.16. The van der Waals surface area contributed by atoms with E-state index < -0.39 is 0 Å². The molecule has 1 aromatic carbocycles. The molecule has 2 aromatic rings. The molecule has 2 N–H and O–H groups in total.